The van der Waals surface area contributed by atoms with E-state index in [4.69, 9.17) is 19.4 Å². The lowest BCUT2D eigenvalue weighted by molar-refractivity contribution is 0.572. The van der Waals surface area contributed by atoms with Crippen molar-refractivity contribution in [1.29, 1.82) is 0 Å². The van der Waals surface area contributed by atoms with E-state index >= 15 is 0 Å². The van der Waals surface area contributed by atoms with Gasteiger partial charge in [0.25, 0.3) is 0 Å². The lowest BCUT2D eigenvalue weighted by Gasteiger charge is -2.16. The zero-order valence-electron chi connectivity index (χ0n) is 30.8. The minimum atomic E-state index is 0.594. The second-order valence-electron chi connectivity index (χ2n) is 14.6. The van der Waals surface area contributed by atoms with Crippen LogP contribution in [0.3, 0.4) is 0 Å². The summed E-state index contributed by atoms with van der Waals surface area (Å²) < 4.78 is 11.4. The molecule has 0 aliphatic heterocycles. The highest BCUT2D eigenvalue weighted by Gasteiger charge is 2.26. The van der Waals surface area contributed by atoms with Crippen LogP contribution in [0.5, 0.6) is 0 Å². The van der Waals surface area contributed by atoms with Crippen LogP contribution in [0, 0.1) is 0 Å². The molecule has 0 atom stereocenters. The summed E-state index contributed by atoms with van der Waals surface area (Å²) in [6, 6.07) is 57.4. The van der Waals surface area contributed by atoms with Crippen molar-refractivity contribution >= 4 is 66.7 Å². The summed E-state index contributed by atoms with van der Waals surface area (Å²) >= 11 is 0. The zero-order chi connectivity index (χ0) is 37.5. The molecule has 0 bridgehead atoms. The van der Waals surface area contributed by atoms with E-state index in [1.165, 1.54) is 32.6 Å². The average Bonchev–Trinajstić information content (AvgIpc) is 3.94. The second kappa shape index (κ2) is 12.5. The van der Waals surface area contributed by atoms with E-state index in [-0.39, 0.29) is 0 Å². The van der Waals surface area contributed by atoms with Gasteiger partial charge in [0.1, 0.15) is 11.0 Å². The lowest BCUT2D eigenvalue weighted by atomic mass is 10.0. The van der Waals surface area contributed by atoms with Gasteiger partial charge in [-0.3, -0.25) is 0 Å². The van der Waals surface area contributed by atoms with Gasteiger partial charge in [-0.15, -0.1) is 0 Å². The predicted molar refractivity (Wildman–Crippen MR) is 232 cm³/mol. The van der Waals surface area contributed by atoms with Crippen LogP contribution in [0.1, 0.15) is 12.8 Å². The Morgan fingerprint density at radius 3 is 1.75 bits per heavy atom. The molecular formula is C51H33N5O. The first-order valence-corrected chi connectivity index (χ1v) is 19.4. The van der Waals surface area contributed by atoms with Gasteiger partial charge in [0.2, 0.25) is 0 Å². The highest BCUT2D eigenvalue weighted by atomic mass is 16.3. The largest absolute Gasteiger partial charge is 0.456 e. The van der Waals surface area contributed by atoms with E-state index in [9.17, 15) is 0 Å². The first-order valence-electron chi connectivity index (χ1n) is 19.4. The van der Waals surface area contributed by atoms with Gasteiger partial charge in [0.05, 0.1) is 33.3 Å². The van der Waals surface area contributed by atoms with Crippen molar-refractivity contribution < 1.29 is 4.42 Å². The molecule has 7 aromatic carbocycles. The number of hydrogen-bond donors (Lipinski definition) is 0. The second-order valence-corrected chi connectivity index (χ2v) is 14.6. The standard InChI is InChI=1S/C51H33N5O/c1-4-16-32(17-5-1)49-52-50(33-18-6-2-7-19-33)54-51(53-49)47-42(30-31-44-46(47)38-24-12-15-27-43(38)57-44)56-40-26-14-11-23-37(40)45-41(56)29-28-36-35-22-10-13-25-39(35)55(48(36)45)34-20-8-3-9-21-34/h1-11,13-14,16-31H,12,15H2. The molecule has 6 heteroatoms. The lowest BCUT2D eigenvalue weighted by Crippen LogP contribution is -2.22. The minimum absolute atomic E-state index is 0.594. The number of benzene rings is 7. The van der Waals surface area contributed by atoms with Gasteiger partial charge >= 0.3 is 0 Å². The van der Waals surface area contributed by atoms with Crippen molar-refractivity contribution in [2.75, 3.05) is 0 Å². The SMILES string of the molecule is C1=c2oc3ccc(-n4c5ccccc5c5c4ccc4c6ccccc6n(-c6ccccc6)c45)c(-c4nc(-c5ccccc5)nc(-c5ccccc5)n4)c3c2=CCC1. The molecule has 1 aliphatic carbocycles. The van der Waals surface area contributed by atoms with E-state index < -0.39 is 0 Å². The number of nitrogens with zero attached hydrogens (tertiary/aromatic N) is 5. The molecular weight excluding hydrogens is 699 g/mol. The summed E-state index contributed by atoms with van der Waals surface area (Å²) in [6.07, 6.45) is 6.38. The number of hydrogen-bond acceptors (Lipinski definition) is 4. The van der Waals surface area contributed by atoms with Crippen LogP contribution in [0.2, 0.25) is 0 Å². The normalized spacial score (nSPS) is 12.7. The molecule has 0 spiro atoms. The summed E-state index contributed by atoms with van der Waals surface area (Å²) in [6.45, 7) is 0. The fourth-order valence-corrected chi connectivity index (χ4v) is 8.96. The zero-order valence-corrected chi connectivity index (χ0v) is 30.8. The Bertz CT molecular complexity index is 3450. The Labute approximate surface area is 326 Å². The molecule has 0 amide bonds. The number of fused-ring (bicyclic) bond motifs is 10. The van der Waals surface area contributed by atoms with E-state index in [0.29, 0.717) is 17.5 Å². The molecule has 12 rings (SSSR count). The molecule has 4 aromatic heterocycles. The van der Waals surface area contributed by atoms with Crippen LogP contribution >= 0.6 is 0 Å². The van der Waals surface area contributed by atoms with Crippen LogP contribution in [0.25, 0.3) is 112 Å². The summed E-state index contributed by atoms with van der Waals surface area (Å²) in [7, 11) is 0. The smallest absolute Gasteiger partial charge is 0.166 e. The van der Waals surface area contributed by atoms with Gasteiger partial charge in [0, 0.05) is 49.0 Å². The van der Waals surface area contributed by atoms with Gasteiger partial charge < -0.3 is 13.6 Å². The number of para-hydroxylation sites is 3. The Hall–Kier alpha value is -7.57. The predicted octanol–water partition coefficient (Wildman–Crippen LogP) is 11.2. The highest BCUT2D eigenvalue weighted by Crippen LogP contribution is 2.44. The van der Waals surface area contributed by atoms with E-state index in [2.05, 4.69) is 149 Å². The van der Waals surface area contributed by atoms with E-state index in [0.717, 1.165) is 73.5 Å². The number of aromatic nitrogens is 5. The summed E-state index contributed by atoms with van der Waals surface area (Å²) in [5, 5.41) is 6.89. The van der Waals surface area contributed by atoms with Crippen molar-refractivity contribution in [2.45, 2.75) is 12.8 Å². The fourth-order valence-electron chi connectivity index (χ4n) is 8.96. The van der Waals surface area contributed by atoms with E-state index in [1.807, 2.05) is 36.4 Å². The van der Waals surface area contributed by atoms with Crippen LogP contribution in [-0.4, -0.2) is 24.1 Å². The third-order valence-electron chi connectivity index (χ3n) is 11.4. The molecule has 0 N–H and O–H groups in total. The molecule has 1 aliphatic rings. The third-order valence-corrected chi connectivity index (χ3v) is 11.4. The Morgan fingerprint density at radius 2 is 1.04 bits per heavy atom. The molecule has 0 saturated heterocycles. The first-order chi connectivity index (χ1) is 28.3. The van der Waals surface area contributed by atoms with Gasteiger partial charge in [-0.25, -0.2) is 15.0 Å². The molecule has 0 radical (unpaired) electrons. The quantitative estimate of drug-likeness (QED) is 0.177. The number of furan rings is 1. The van der Waals surface area contributed by atoms with Gasteiger partial charge in [-0.1, -0.05) is 127 Å². The molecule has 11 aromatic rings. The minimum Gasteiger partial charge on any atom is -0.456 e. The maximum absolute atomic E-state index is 6.62. The summed E-state index contributed by atoms with van der Waals surface area (Å²) in [5.41, 5.74) is 11.1. The van der Waals surface area contributed by atoms with Crippen molar-refractivity contribution in [3.8, 4) is 45.5 Å². The monoisotopic (exact) mass is 731 g/mol. The number of rotatable bonds is 5. The fraction of sp³-hybridized carbons (Fsp3) is 0.0392. The van der Waals surface area contributed by atoms with Crippen molar-refractivity contribution in [3.05, 3.63) is 174 Å². The van der Waals surface area contributed by atoms with Gasteiger partial charge in [-0.2, -0.15) is 0 Å². The highest BCUT2D eigenvalue weighted by molar-refractivity contribution is 6.26. The van der Waals surface area contributed by atoms with Gasteiger partial charge in [0.15, 0.2) is 17.5 Å². The van der Waals surface area contributed by atoms with Crippen LogP contribution in [-0.2, 0) is 0 Å². The average molecular weight is 732 g/mol. The maximum Gasteiger partial charge on any atom is 0.166 e. The van der Waals surface area contributed by atoms with Crippen molar-refractivity contribution in [1.82, 2.24) is 24.1 Å². The van der Waals surface area contributed by atoms with Crippen molar-refractivity contribution in [3.63, 3.8) is 0 Å². The molecule has 0 unspecified atom stereocenters. The molecule has 0 saturated carbocycles. The molecule has 57 heavy (non-hydrogen) atoms. The Balaban J connectivity index is 1.25. The Morgan fingerprint density at radius 1 is 0.439 bits per heavy atom. The van der Waals surface area contributed by atoms with Gasteiger partial charge in [-0.05, 0) is 61.4 Å². The Kier molecular flexibility index (Phi) is 6.95. The van der Waals surface area contributed by atoms with E-state index in [1.54, 1.807) is 0 Å². The molecule has 0 fully saturated rings. The van der Waals surface area contributed by atoms with Crippen LogP contribution in [0.15, 0.2) is 168 Å². The van der Waals surface area contributed by atoms with Crippen molar-refractivity contribution in [2.24, 2.45) is 0 Å². The first kappa shape index (κ1) is 31.7. The van der Waals surface area contributed by atoms with Crippen LogP contribution in [0.4, 0.5) is 0 Å². The third kappa shape index (κ3) is 4.80. The topological polar surface area (TPSA) is 61.7 Å². The summed E-state index contributed by atoms with van der Waals surface area (Å²) in [4.78, 5) is 15.7. The molecule has 6 nitrogen and oxygen atoms in total. The molecule has 4 heterocycles. The maximum atomic E-state index is 6.62. The van der Waals surface area contributed by atoms with Crippen LogP contribution < -0.4 is 10.6 Å². The molecule has 268 valence electrons. The summed E-state index contributed by atoms with van der Waals surface area (Å²) in [5.74, 6) is 1.83.